The Morgan fingerprint density at radius 3 is 2.29 bits per heavy atom. The zero-order valence-corrected chi connectivity index (χ0v) is 30.4. The SMILES string of the molecule is COc1ccc(C[C@H]2NC(=O)/C=C/C[C@@H]([C@H](C)[C@H]3O[C@@H]3c3ccccc3)OC(=O)[C@H](CC(C)C)NC(=O)C(C)(C)C(C)(C)NC2=O)cc1Cl. The number of halogens is 1. The molecule has 49 heavy (non-hydrogen) atoms. The summed E-state index contributed by atoms with van der Waals surface area (Å²) in [6.45, 7) is 12.8. The lowest BCUT2D eigenvalue weighted by molar-refractivity contribution is -0.157. The van der Waals surface area contributed by atoms with Crippen molar-refractivity contribution in [3.63, 3.8) is 0 Å². The van der Waals surface area contributed by atoms with Crippen LogP contribution in [0.3, 0.4) is 0 Å². The number of hydrogen-bond donors (Lipinski definition) is 3. The molecule has 2 heterocycles. The molecule has 2 aromatic carbocycles. The maximum atomic E-state index is 13.9. The van der Waals surface area contributed by atoms with Gasteiger partial charge in [-0.2, -0.15) is 0 Å². The van der Waals surface area contributed by atoms with Crippen LogP contribution in [0.4, 0.5) is 0 Å². The summed E-state index contributed by atoms with van der Waals surface area (Å²) >= 11 is 6.37. The molecule has 2 aliphatic heterocycles. The molecule has 3 amide bonds. The van der Waals surface area contributed by atoms with Crippen LogP contribution >= 0.6 is 11.6 Å². The van der Waals surface area contributed by atoms with Crippen LogP contribution in [0.5, 0.6) is 5.75 Å². The number of cyclic esters (lactones) is 1. The molecule has 1 saturated heterocycles. The van der Waals surface area contributed by atoms with Gasteiger partial charge in [-0.1, -0.05) is 74.8 Å². The molecule has 0 spiro atoms. The molecule has 0 radical (unpaired) electrons. The fraction of sp³-hybridized carbons (Fsp3) is 0.526. The molecule has 10 nitrogen and oxygen atoms in total. The van der Waals surface area contributed by atoms with Gasteiger partial charge >= 0.3 is 5.97 Å². The Morgan fingerprint density at radius 2 is 1.65 bits per heavy atom. The molecule has 4 rings (SSSR count). The second kappa shape index (κ2) is 15.8. The second-order valence-electron chi connectivity index (χ2n) is 14.5. The fourth-order valence-corrected chi connectivity index (χ4v) is 6.20. The predicted octanol–water partition coefficient (Wildman–Crippen LogP) is 5.48. The molecule has 0 aliphatic carbocycles. The number of esters is 1. The topological polar surface area (TPSA) is 135 Å². The molecule has 6 atom stereocenters. The zero-order valence-electron chi connectivity index (χ0n) is 29.7. The lowest BCUT2D eigenvalue weighted by Gasteiger charge is -2.42. The van der Waals surface area contributed by atoms with E-state index < -0.39 is 52.8 Å². The number of nitrogens with one attached hydrogen (secondary N) is 3. The minimum Gasteiger partial charge on any atom is -0.495 e. The number of carbonyl (C=O) groups is 4. The summed E-state index contributed by atoms with van der Waals surface area (Å²) in [6.07, 6.45) is 2.70. The highest BCUT2D eigenvalue weighted by atomic mass is 35.5. The molecule has 2 aliphatic rings. The summed E-state index contributed by atoms with van der Waals surface area (Å²) in [5, 5.41) is 9.13. The Kier molecular flexibility index (Phi) is 12.2. The van der Waals surface area contributed by atoms with Crippen molar-refractivity contribution >= 4 is 35.3 Å². The summed E-state index contributed by atoms with van der Waals surface area (Å²) in [4.78, 5) is 54.9. The van der Waals surface area contributed by atoms with Crippen LogP contribution < -0.4 is 20.7 Å². The van der Waals surface area contributed by atoms with E-state index in [9.17, 15) is 19.2 Å². The Morgan fingerprint density at radius 1 is 0.959 bits per heavy atom. The van der Waals surface area contributed by atoms with Crippen molar-refractivity contribution in [2.45, 2.75) is 104 Å². The molecule has 0 aromatic heterocycles. The van der Waals surface area contributed by atoms with Crippen LogP contribution in [0.15, 0.2) is 60.7 Å². The number of amides is 3. The lowest BCUT2D eigenvalue weighted by Crippen LogP contribution is -2.63. The van der Waals surface area contributed by atoms with Crippen molar-refractivity contribution in [3.05, 3.63) is 76.8 Å². The van der Waals surface area contributed by atoms with Crippen molar-refractivity contribution in [2.75, 3.05) is 7.11 Å². The van der Waals surface area contributed by atoms with E-state index in [1.807, 2.05) is 51.1 Å². The maximum absolute atomic E-state index is 13.9. The lowest BCUT2D eigenvalue weighted by atomic mass is 9.73. The van der Waals surface area contributed by atoms with E-state index in [-0.39, 0.29) is 36.9 Å². The minimum absolute atomic E-state index is 0.0696. The minimum atomic E-state index is -1.19. The first-order valence-corrected chi connectivity index (χ1v) is 17.2. The van der Waals surface area contributed by atoms with Crippen LogP contribution in [-0.2, 0) is 35.1 Å². The number of hydrogen-bond acceptors (Lipinski definition) is 7. The number of epoxide rings is 1. The van der Waals surface area contributed by atoms with Crippen LogP contribution in [0.2, 0.25) is 5.02 Å². The largest absolute Gasteiger partial charge is 0.495 e. The number of methoxy groups -OCH3 is 1. The normalized spacial score (nSPS) is 27.3. The highest BCUT2D eigenvalue weighted by Crippen LogP contribution is 2.45. The van der Waals surface area contributed by atoms with Gasteiger partial charge in [-0.05, 0) is 69.4 Å². The highest BCUT2D eigenvalue weighted by molar-refractivity contribution is 6.32. The summed E-state index contributed by atoms with van der Waals surface area (Å²) in [5.41, 5.74) is -0.564. The van der Waals surface area contributed by atoms with Crippen molar-refractivity contribution < 1.29 is 33.4 Å². The van der Waals surface area contributed by atoms with Gasteiger partial charge in [-0.15, -0.1) is 0 Å². The van der Waals surface area contributed by atoms with Crippen LogP contribution in [0.1, 0.15) is 78.5 Å². The molecule has 3 N–H and O–H groups in total. The van der Waals surface area contributed by atoms with E-state index in [4.69, 9.17) is 25.8 Å². The van der Waals surface area contributed by atoms with Gasteiger partial charge in [0.1, 0.15) is 30.0 Å². The van der Waals surface area contributed by atoms with Gasteiger partial charge in [-0.3, -0.25) is 14.4 Å². The maximum Gasteiger partial charge on any atom is 0.328 e. The van der Waals surface area contributed by atoms with Gasteiger partial charge in [0.25, 0.3) is 0 Å². The average Bonchev–Trinajstić information content (AvgIpc) is 3.84. The van der Waals surface area contributed by atoms with Crippen molar-refractivity contribution in [2.24, 2.45) is 17.3 Å². The molecule has 266 valence electrons. The quantitative estimate of drug-likeness (QED) is 0.246. The number of ether oxygens (including phenoxy) is 3. The van der Waals surface area contributed by atoms with Gasteiger partial charge < -0.3 is 30.2 Å². The summed E-state index contributed by atoms with van der Waals surface area (Å²) in [7, 11) is 1.51. The monoisotopic (exact) mass is 695 g/mol. The third kappa shape index (κ3) is 9.42. The summed E-state index contributed by atoms with van der Waals surface area (Å²) < 4.78 is 17.5. The average molecular weight is 696 g/mol. The highest BCUT2D eigenvalue weighted by Gasteiger charge is 2.49. The van der Waals surface area contributed by atoms with Gasteiger partial charge in [0.05, 0.1) is 23.7 Å². The molecule has 1 fully saturated rings. The van der Waals surface area contributed by atoms with Gasteiger partial charge in [-0.25, -0.2) is 4.79 Å². The van der Waals surface area contributed by atoms with Crippen LogP contribution in [0, 0.1) is 17.3 Å². The first kappa shape index (κ1) is 37.9. The fourth-order valence-electron chi connectivity index (χ4n) is 5.92. The third-order valence-corrected chi connectivity index (χ3v) is 10.1. The molecule has 2 aromatic rings. The van der Waals surface area contributed by atoms with E-state index in [1.54, 1.807) is 52.0 Å². The number of carbonyl (C=O) groups excluding carboxylic acids is 4. The molecular weight excluding hydrogens is 646 g/mol. The third-order valence-electron chi connectivity index (χ3n) is 9.82. The first-order valence-electron chi connectivity index (χ1n) is 16.9. The van der Waals surface area contributed by atoms with E-state index in [0.717, 1.165) is 5.56 Å². The van der Waals surface area contributed by atoms with Gasteiger partial charge in [0.15, 0.2) is 0 Å². The Bertz CT molecular complexity index is 1540. The van der Waals surface area contributed by atoms with Crippen LogP contribution in [-0.4, -0.2) is 60.6 Å². The smallest absolute Gasteiger partial charge is 0.328 e. The predicted molar refractivity (Wildman–Crippen MR) is 188 cm³/mol. The van der Waals surface area contributed by atoms with Gasteiger partial charge in [0.2, 0.25) is 17.7 Å². The zero-order chi connectivity index (χ0) is 36.1. The second-order valence-corrected chi connectivity index (χ2v) is 14.9. The van der Waals surface area contributed by atoms with Crippen molar-refractivity contribution in [1.82, 2.24) is 16.0 Å². The standard InChI is InChI=1S/C38H50ClN3O7/c1-22(2)19-28-35(45)48-29(23(3)32-33(49-32)25-13-10-9-11-14-25)15-12-16-31(43)40-27(21-24-17-18-30(47-8)26(39)20-24)34(44)42-38(6,7)37(4,5)36(46)41-28/h9-14,16-18,20,22-23,27-29,32-33H,15,19,21H2,1-8H3,(H,40,43)(H,41,46)(H,42,44)/b16-12+/t23-,27+,28-,29-,32+,33+/m0/s1. The summed E-state index contributed by atoms with van der Waals surface area (Å²) in [5.74, 6) is -1.63. The number of rotatable bonds is 8. The van der Waals surface area contributed by atoms with Crippen molar-refractivity contribution in [3.8, 4) is 5.75 Å². The number of benzene rings is 2. The Labute approximate surface area is 294 Å². The molecular formula is C38H50ClN3O7. The van der Waals surface area contributed by atoms with Gasteiger partial charge in [0, 0.05) is 24.3 Å². The van der Waals surface area contributed by atoms with Crippen molar-refractivity contribution in [1.29, 1.82) is 0 Å². The van der Waals surface area contributed by atoms with E-state index in [0.29, 0.717) is 22.8 Å². The van der Waals surface area contributed by atoms with E-state index in [2.05, 4.69) is 16.0 Å². The van der Waals surface area contributed by atoms with Crippen LogP contribution in [0.25, 0.3) is 0 Å². The molecule has 0 unspecified atom stereocenters. The summed E-state index contributed by atoms with van der Waals surface area (Å²) in [6, 6.07) is 13.1. The Hall–Kier alpha value is -3.89. The molecule has 0 bridgehead atoms. The molecule has 11 heteroatoms. The molecule has 0 saturated carbocycles. The van der Waals surface area contributed by atoms with E-state index >= 15 is 0 Å². The Balaban J connectivity index is 1.67. The van der Waals surface area contributed by atoms with E-state index in [1.165, 1.54) is 13.2 Å². The first-order chi connectivity index (χ1) is 23.0.